The van der Waals surface area contributed by atoms with Gasteiger partial charge in [0.2, 0.25) is 17.7 Å². The van der Waals surface area contributed by atoms with Crippen LogP contribution in [0.25, 0.3) is 0 Å². The van der Waals surface area contributed by atoms with Crippen LogP contribution >= 0.6 is 23.2 Å². The van der Waals surface area contributed by atoms with Crippen LogP contribution in [0.15, 0.2) is 60.7 Å². The zero-order valence-electron chi connectivity index (χ0n) is 22.1. The summed E-state index contributed by atoms with van der Waals surface area (Å²) in [5, 5.41) is 7.03. The molecule has 3 amide bonds. The Hall–Kier alpha value is -3.46. The van der Waals surface area contributed by atoms with Crippen molar-refractivity contribution in [3.63, 3.8) is 0 Å². The van der Waals surface area contributed by atoms with Gasteiger partial charge in [0.25, 0.3) is 0 Å². The van der Waals surface area contributed by atoms with E-state index in [1.165, 1.54) is 12.1 Å². The predicted molar refractivity (Wildman–Crippen MR) is 155 cm³/mol. The number of carbonyl (C=O) groups is 3. The van der Waals surface area contributed by atoms with Crippen molar-refractivity contribution >= 4 is 46.6 Å². The number of nitrogens with one attached hydrogen (secondary N) is 2. The van der Waals surface area contributed by atoms with Gasteiger partial charge in [-0.15, -0.1) is 0 Å². The van der Waals surface area contributed by atoms with E-state index in [1.807, 2.05) is 12.1 Å². The van der Waals surface area contributed by atoms with Crippen LogP contribution in [0.5, 0.6) is 0 Å². The Morgan fingerprint density at radius 3 is 2.51 bits per heavy atom. The highest BCUT2D eigenvalue weighted by molar-refractivity contribution is 6.31. The van der Waals surface area contributed by atoms with Gasteiger partial charge in [0.15, 0.2) is 0 Å². The first-order chi connectivity index (χ1) is 19.7. The molecule has 212 valence electrons. The van der Waals surface area contributed by atoms with Gasteiger partial charge in [-0.25, -0.2) is 4.39 Å². The van der Waals surface area contributed by atoms with E-state index in [0.29, 0.717) is 59.3 Å². The van der Waals surface area contributed by atoms with Gasteiger partial charge in [-0.3, -0.25) is 19.3 Å². The number of fused-ring (bicyclic) bond motifs is 2. The van der Waals surface area contributed by atoms with E-state index in [0.717, 1.165) is 11.1 Å². The fraction of sp³-hybridized carbons (Fsp3) is 0.323. The van der Waals surface area contributed by atoms with Crippen molar-refractivity contribution in [3.8, 4) is 0 Å². The summed E-state index contributed by atoms with van der Waals surface area (Å²) in [5.41, 5.74) is 7.51. The normalized spacial score (nSPS) is 24.7. The number of halogens is 3. The molecule has 1 spiro atoms. The minimum absolute atomic E-state index is 0.0393. The minimum Gasteiger partial charge on any atom is -0.369 e. The highest BCUT2D eigenvalue weighted by Gasteiger charge is 2.61. The number of hydrogen-bond acceptors (Lipinski definition) is 4. The third-order valence-electron chi connectivity index (χ3n) is 8.80. The van der Waals surface area contributed by atoms with Gasteiger partial charge >= 0.3 is 0 Å². The molecular weight excluding hydrogens is 566 g/mol. The molecule has 2 saturated heterocycles. The topological polar surface area (TPSA) is 105 Å². The number of piperidine rings is 2. The van der Waals surface area contributed by atoms with E-state index in [4.69, 9.17) is 28.9 Å². The van der Waals surface area contributed by atoms with Gasteiger partial charge in [-0.2, -0.15) is 0 Å². The number of nitrogens with zero attached hydrogens (tertiary/aromatic N) is 1. The maximum absolute atomic E-state index is 15.0. The lowest BCUT2D eigenvalue weighted by Gasteiger charge is -2.47. The van der Waals surface area contributed by atoms with Crippen molar-refractivity contribution in [2.75, 3.05) is 18.4 Å². The molecule has 0 aromatic heterocycles. The lowest BCUT2D eigenvalue weighted by atomic mass is 9.59. The van der Waals surface area contributed by atoms with Gasteiger partial charge in [0.1, 0.15) is 11.2 Å². The average Bonchev–Trinajstić information content (AvgIpc) is 3.22. The number of rotatable bonds is 5. The largest absolute Gasteiger partial charge is 0.369 e. The van der Waals surface area contributed by atoms with E-state index in [2.05, 4.69) is 15.5 Å². The molecule has 7 nitrogen and oxygen atoms in total. The van der Waals surface area contributed by atoms with Crippen molar-refractivity contribution in [2.45, 2.75) is 43.2 Å². The molecule has 2 fully saturated rings. The van der Waals surface area contributed by atoms with Crippen LogP contribution in [0.4, 0.5) is 10.1 Å². The molecule has 3 atom stereocenters. The monoisotopic (exact) mass is 594 g/mol. The first-order valence-electron chi connectivity index (χ1n) is 13.6. The summed E-state index contributed by atoms with van der Waals surface area (Å²) in [7, 11) is 0. The Kier molecular flexibility index (Phi) is 7.26. The maximum Gasteiger partial charge on any atom is 0.238 e. The number of primary amides is 1. The maximum atomic E-state index is 15.0. The molecule has 3 aliphatic heterocycles. The fourth-order valence-corrected chi connectivity index (χ4v) is 7.24. The second-order valence-electron chi connectivity index (χ2n) is 11.1. The molecule has 3 aromatic carbocycles. The second-order valence-corrected chi connectivity index (χ2v) is 12.0. The molecule has 0 radical (unpaired) electrons. The van der Waals surface area contributed by atoms with E-state index in [1.54, 1.807) is 36.4 Å². The smallest absolute Gasteiger partial charge is 0.238 e. The second kappa shape index (κ2) is 10.7. The Morgan fingerprint density at radius 1 is 1.02 bits per heavy atom. The zero-order valence-corrected chi connectivity index (χ0v) is 23.6. The zero-order chi connectivity index (χ0) is 28.9. The van der Waals surface area contributed by atoms with Crippen LogP contribution in [-0.2, 0) is 26.3 Å². The lowest BCUT2D eigenvalue weighted by Crippen LogP contribution is -2.57. The molecule has 3 aromatic rings. The van der Waals surface area contributed by atoms with Crippen molar-refractivity contribution in [3.05, 3.63) is 98.8 Å². The summed E-state index contributed by atoms with van der Waals surface area (Å²) in [6, 6.07) is 16.0. The summed E-state index contributed by atoms with van der Waals surface area (Å²) < 4.78 is 15.0. The molecule has 3 aliphatic rings. The van der Waals surface area contributed by atoms with Crippen LogP contribution in [0.1, 0.15) is 53.5 Å². The Labute approximate surface area is 247 Å². The molecule has 0 unspecified atom stereocenters. The van der Waals surface area contributed by atoms with Crippen molar-refractivity contribution in [1.29, 1.82) is 0 Å². The highest BCUT2D eigenvalue weighted by Crippen LogP contribution is 2.58. The molecule has 0 saturated carbocycles. The van der Waals surface area contributed by atoms with Gasteiger partial charge in [-0.05, 0) is 84.6 Å². The number of anilines is 1. The van der Waals surface area contributed by atoms with Gasteiger partial charge in [0, 0.05) is 40.5 Å². The first-order valence-corrected chi connectivity index (χ1v) is 14.4. The number of amides is 3. The molecule has 0 bridgehead atoms. The van der Waals surface area contributed by atoms with Gasteiger partial charge in [0.05, 0.1) is 6.04 Å². The number of nitrogens with two attached hydrogens (primary N) is 1. The van der Waals surface area contributed by atoms with Crippen LogP contribution in [0.2, 0.25) is 10.0 Å². The molecule has 4 N–H and O–H groups in total. The average molecular weight is 596 g/mol. The number of carbonyl (C=O) groups excluding carboxylic acids is 3. The van der Waals surface area contributed by atoms with Crippen molar-refractivity contribution in [1.82, 2.24) is 10.2 Å². The predicted octanol–water partition coefficient (Wildman–Crippen LogP) is 5.06. The Balaban J connectivity index is 1.50. The molecular formula is C31H29Cl2FN4O3. The summed E-state index contributed by atoms with van der Waals surface area (Å²) in [6.07, 6.45) is 1.32. The quantitative estimate of drug-likeness (QED) is 0.384. The summed E-state index contributed by atoms with van der Waals surface area (Å²) in [5.74, 6) is -2.08. The van der Waals surface area contributed by atoms with Crippen LogP contribution in [-0.4, -0.2) is 35.7 Å². The summed E-state index contributed by atoms with van der Waals surface area (Å²) in [4.78, 5) is 41.5. The number of hydrogen-bond donors (Lipinski definition) is 3. The minimum atomic E-state index is -1.31. The summed E-state index contributed by atoms with van der Waals surface area (Å²) >= 11 is 12.7. The Bertz CT molecular complexity index is 1560. The van der Waals surface area contributed by atoms with E-state index >= 15 is 0 Å². The van der Waals surface area contributed by atoms with Crippen molar-refractivity contribution < 1.29 is 18.8 Å². The van der Waals surface area contributed by atoms with Gasteiger partial charge < -0.3 is 16.4 Å². The number of benzene rings is 3. The molecule has 6 rings (SSSR count). The SMILES string of the molecule is NC(=O)C1CCN(Cc2ccc(F)cc2[C@H]2NC(=O)C[C@@H](c3cccc(Cl)c3)[C@]23C(=O)Nc2cc(Cl)ccc23)CC1. The third kappa shape index (κ3) is 4.88. The Morgan fingerprint density at radius 2 is 1.78 bits per heavy atom. The molecule has 10 heteroatoms. The summed E-state index contributed by atoms with van der Waals surface area (Å²) in [6.45, 7) is 1.76. The molecule has 41 heavy (non-hydrogen) atoms. The first kappa shape index (κ1) is 27.7. The third-order valence-corrected chi connectivity index (χ3v) is 9.28. The van der Waals surface area contributed by atoms with Gasteiger partial charge in [-0.1, -0.05) is 47.5 Å². The van der Waals surface area contributed by atoms with Crippen LogP contribution in [0, 0.1) is 11.7 Å². The molecule has 3 heterocycles. The number of likely N-dealkylation sites (tertiary alicyclic amines) is 1. The van der Waals surface area contributed by atoms with E-state index < -0.39 is 23.2 Å². The molecule has 0 aliphatic carbocycles. The fourth-order valence-electron chi connectivity index (χ4n) is 6.86. The standard InChI is InChI=1S/C31H29Cl2FN4O3/c32-20-3-1-2-18(12-20)25-15-27(39)37-28(31(25)24-7-5-21(33)13-26(24)36-30(31)41)23-14-22(34)6-4-19(23)16-38-10-8-17(9-11-38)29(35)40/h1-7,12-14,17,25,28H,8-11,15-16H2,(H2,35,40)(H,36,41)(H,37,39)/t25-,28+,31-/m0/s1. The van der Waals surface area contributed by atoms with E-state index in [9.17, 15) is 18.8 Å². The van der Waals surface area contributed by atoms with Crippen LogP contribution in [0.3, 0.4) is 0 Å². The highest BCUT2D eigenvalue weighted by atomic mass is 35.5. The van der Waals surface area contributed by atoms with Crippen LogP contribution < -0.4 is 16.4 Å². The van der Waals surface area contributed by atoms with E-state index in [-0.39, 0.29) is 30.1 Å². The lowest BCUT2D eigenvalue weighted by molar-refractivity contribution is -0.131. The van der Waals surface area contributed by atoms with Crippen molar-refractivity contribution in [2.24, 2.45) is 11.7 Å².